The summed E-state index contributed by atoms with van der Waals surface area (Å²) in [4.78, 5) is 60.7. The zero-order valence-electron chi connectivity index (χ0n) is 17.9. The average Bonchev–Trinajstić information content (AvgIpc) is 3.26. The number of carbonyl (C=O) groups is 5. The molecule has 0 radical (unpaired) electrons. The van der Waals surface area contributed by atoms with Crippen LogP contribution in [0.3, 0.4) is 0 Å². The van der Waals surface area contributed by atoms with E-state index in [9.17, 15) is 34.2 Å². The predicted octanol–water partition coefficient (Wildman–Crippen LogP) is -1.20. The van der Waals surface area contributed by atoms with E-state index in [1.54, 1.807) is 0 Å². The third-order valence-corrected chi connectivity index (χ3v) is 5.26. The molecule has 0 saturated carbocycles. The number of phenols is 1. The molecule has 0 aromatic heterocycles. The molecule has 1 aliphatic rings. The van der Waals surface area contributed by atoms with E-state index in [1.165, 1.54) is 29.2 Å². The Bertz CT molecular complexity index is 889. The minimum Gasteiger partial charge on any atom is -0.508 e. The molecule has 3 unspecified atom stereocenters. The Labute approximate surface area is 189 Å². The topological polar surface area (TPSA) is 199 Å². The molecule has 1 heterocycles. The second-order valence-electron chi connectivity index (χ2n) is 7.78. The Balaban J connectivity index is 1.87. The summed E-state index contributed by atoms with van der Waals surface area (Å²) in [7, 11) is 0. The maximum Gasteiger partial charge on any atom is 0.326 e. The van der Waals surface area contributed by atoms with Gasteiger partial charge in [0.1, 0.15) is 17.8 Å². The van der Waals surface area contributed by atoms with Gasteiger partial charge < -0.3 is 36.6 Å². The fourth-order valence-corrected chi connectivity index (χ4v) is 3.52. The summed E-state index contributed by atoms with van der Waals surface area (Å²) in [5.74, 6) is -4.14. The first-order valence-corrected chi connectivity index (χ1v) is 10.4. The van der Waals surface area contributed by atoms with Crippen molar-refractivity contribution in [1.29, 1.82) is 0 Å². The molecule has 2 rings (SSSR count). The second-order valence-corrected chi connectivity index (χ2v) is 7.78. The van der Waals surface area contributed by atoms with Crippen LogP contribution in [0.15, 0.2) is 24.3 Å². The highest BCUT2D eigenvalue weighted by Crippen LogP contribution is 2.19. The van der Waals surface area contributed by atoms with Crippen LogP contribution in [0.4, 0.5) is 0 Å². The highest BCUT2D eigenvalue weighted by molar-refractivity contribution is 5.93. The fourth-order valence-electron chi connectivity index (χ4n) is 3.52. The minimum absolute atomic E-state index is 0.0194. The van der Waals surface area contributed by atoms with Gasteiger partial charge in [0, 0.05) is 19.4 Å². The van der Waals surface area contributed by atoms with Crippen molar-refractivity contribution in [2.75, 3.05) is 13.1 Å². The van der Waals surface area contributed by atoms with Gasteiger partial charge >= 0.3 is 11.9 Å². The Morgan fingerprint density at radius 1 is 1.12 bits per heavy atom. The normalized spacial score (nSPS) is 17.1. The Morgan fingerprint density at radius 2 is 1.79 bits per heavy atom. The largest absolute Gasteiger partial charge is 0.508 e. The SMILES string of the molecule is NC(CCC(=O)O)C(=O)N1CCCC1C(=O)NCC(=O)NC(Cc1ccc(O)cc1)C(=O)O. The molecule has 1 aromatic carbocycles. The van der Waals surface area contributed by atoms with E-state index in [1.807, 2.05) is 0 Å². The lowest BCUT2D eigenvalue weighted by Gasteiger charge is -2.26. The fraction of sp³-hybridized carbons (Fsp3) is 0.476. The van der Waals surface area contributed by atoms with Crippen molar-refractivity contribution in [2.45, 2.75) is 50.2 Å². The van der Waals surface area contributed by atoms with Crippen molar-refractivity contribution >= 4 is 29.7 Å². The van der Waals surface area contributed by atoms with E-state index in [-0.39, 0.29) is 31.6 Å². The van der Waals surface area contributed by atoms with Crippen LogP contribution in [0.1, 0.15) is 31.2 Å². The van der Waals surface area contributed by atoms with Gasteiger partial charge in [0.15, 0.2) is 0 Å². The van der Waals surface area contributed by atoms with Gasteiger partial charge in [-0.15, -0.1) is 0 Å². The van der Waals surface area contributed by atoms with Gasteiger partial charge in [0.2, 0.25) is 17.7 Å². The first-order valence-electron chi connectivity index (χ1n) is 10.4. The molecule has 7 N–H and O–H groups in total. The maximum atomic E-state index is 12.5. The van der Waals surface area contributed by atoms with Crippen molar-refractivity contribution < 1.29 is 39.3 Å². The summed E-state index contributed by atoms with van der Waals surface area (Å²) >= 11 is 0. The van der Waals surface area contributed by atoms with Gasteiger partial charge in [-0.25, -0.2) is 4.79 Å². The van der Waals surface area contributed by atoms with Crippen molar-refractivity contribution in [3.05, 3.63) is 29.8 Å². The molecule has 12 heteroatoms. The van der Waals surface area contributed by atoms with Crippen LogP contribution in [0, 0.1) is 0 Å². The quantitative estimate of drug-likeness (QED) is 0.233. The maximum absolute atomic E-state index is 12.5. The van der Waals surface area contributed by atoms with Gasteiger partial charge in [0.05, 0.1) is 12.6 Å². The summed E-state index contributed by atoms with van der Waals surface area (Å²) < 4.78 is 0. The molecule has 1 aliphatic heterocycles. The Kier molecular flexibility index (Phi) is 9.16. The monoisotopic (exact) mass is 464 g/mol. The number of likely N-dealkylation sites (tertiary alicyclic amines) is 1. The molecule has 33 heavy (non-hydrogen) atoms. The molecule has 180 valence electrons. The molecule has 1 fully saturated rings. The molecule has 0 spiro atoms. The van der Waals surface area contributed by atoms with Gasteiger partial charge in [-0.05, 0) is 37.0 Å². The van der Waals surface area contributed by atoms with Crippen molar-refractivity contribution in [3.8, 4) is 5.75 Å². The molecule has 3 atom stereocenters. The van der Waals surface area contributed by atoms with E-state index >= 15 is 0 Å². The second kappa shape index (κ2) is 11.8. The number of nitrogens with zero attached hydrogens (tertiary/aromatic N) is 1. The van der Waals surface area contributed by atoms with Gasteiger partial charge in [0.25, 0.3) is 0 Å². The minimum atomic E-state index is -1.26. The molecule has 0 bridgehead atoms. The third kappa shape index (κ3) is 7.75. The molecule has 12 nitrogen and oxygen atoms in total. The van der Waals surface area contributed by atoms with E-state index in [0.717, 1.165) is 0 Å². The number of nitrogens with one attached hydrogen (secondary N) is 2. The van der Waals surface area contributed by atoms with Crippen molar-refractivity contribution in [2.24, 2.45) is 5.73 Å². The zero-order chi connectivity index (χ0) is 24.5. The summed E-state index contributed by atoms with van der Waals surface area (Å²) in [6.07, 6.45) is 0.568. The van der Waals surface area contributed by atoms with Crippen molar-refractivity contribution in [3.63, 3.8) is 0 Å². The summed E-state index contributed by atoms with van der Waals surface area (Å²) in [6, 6.07) is 2.74. The number of aliphatic carboxylic acids is 2. The lowest BCUT2D eigenvalue weighted by molar-refractivity contribution is -0.142. The van der Waals surface area contributed by atoms with Gasteiger partial charge in [-0.3, -0.25) is 19.2 Å². The highest BCUT2D eigenvalue weighted by atomic mass is 16.4. The summed E-state index contributed by atoms with van der Waals surface area (Å²) in [5.41, 5.74) is 6.35. The Hall–Kier alpha value is -3.67. The number of benzene rings is 1. The standard InChI is InChI=1S/C21H28N4O8/c22-14(7-8-18(28)29)20(31)25-9-1-2-16(25)19(30)23-11-17(27)24-15(21(32)33)10-12-3-5-13(26)6-4-12/h3-6,14-16,26H,1-2,7-11,22H2,(H,23,30)(H,24,27)(H,28,29)(H,32,33). The van der Waals surface area contributed by atoms with Crippen LogP contribution in [0.2, 0.25) is 0 Å². The van der Waals surface area contributed by atoms with Crippen LogP contribution in [0.25, 0.3) is 0 Å². The lowest BCUT2D eigenvalue weighted by Crippen LogP contribution is -2.53. The predicted molar refractivity (Wildman–Crippen MR) is 114 cm³/mol. The lowest BCUT2D eigenvalue weighted by atomic mass is 10.1. The van der Waals surface area contributed by atoms with Crippen molar-refractivity contribution in [1.82, 2.24) is 15.5 Å². The zero-order valence-corrected chi connectivity index (χ0v) is 17.9. The summed E-state index contributed by atoms with van der Waals surface area (Å²) in [6.45, 7) is -0.195. The number of amides is 3. The number of rotatable bonds is 11. The van der Waals surface area contributed by atoms with Gasteiger partial charge in [-0.1, -0.05) is 12.1 Å². The molecule has 1 aromatic rings. The number of aromatic hydroxyl groups is 1. The van der Waals surface area contributed by atoms with E-state index < -0.39 is 54.3 Å². The number of nitrogens with two attached hydrogens (primary N) is 1. The molecule has 3 amide bonds. The molecular weight excluding hydrogens is 436 g/mol. The van der Waals surface area contributed by atoms with Crippen LogP contribution in [-0.2, 0) is 30.4 Å². The van der Waals surface area contributed by atoms with E-state index in [4.69, 9.17) is 10.8 Å². The van der Waals surface area contributed by atoms with Crippen LogP contribution in [0.5, 0.6) is 5.75 Å². The Morgan fingerprint density at radius 3 is 2.39 bits per heavy atom. The summed E-state index contributed by atoms with van der Waals surface area (Å²) in [5, 5.41) is 32.2. The average molecular weight is 464 g/mol. The third-order valence-electron chi connectivity index (χ3n) is 5.26. The van der Waals surface area contributed by atoms with Crippen LogP contribution < -0.4 is 16.4 Å². The smallest absolute Gasteiger partial charge is 0.326 e. The highest BCUT2D eigenvalue weighted by Gasteiger charge is 2.36. The van der Waals surface area contributed by atoms with Crippen LogP contribution in [-0.4, -0.2) is 81.1 Å². The first kappa shape index (κ1) is 25.6. The molecule has 0 aliphatic carbocycles. The number of carboxylic acid groups (broad SMARTS) is 2. The van der Waals surface area contributed by atoms with E-state index in [2.05, 4.69) is 10.6 Å². The molecule has 1 saturated heterocycles. The number of hydrogen-bond acceptors (Lipinski definition) is 7. The van der Waals surface area contributed by atoms with Crippen LogP contribution >= 0.6 is 0 Å². The molecular formula is C21H28N4O8. The number of carbonyl (C=O) groups excluding carboxylic acids is 3. The number of carboxylic acids is 2. The first-order chi connectivity index (χ1) is 15.6. The number of hydrogen-bond donors (Lipinski definition) is 6. The van der Waals surface area contributed by atoms with E-state index in [0.29, 0.717) is 18.4 Å². The van der Waals surface area contributed by atoms with Gasteiger partial charge in [-0.2, -0.15) is 0 Å². The number of phenolic OH excluding ortho intramolecular Hbond substituents is 1.